The summed E-state index contributed by atoms with van der Waals surface area (Å²) in [7, 11) is 0. The fraction of sp³-hybridized carbons (Fsp3) is 0.368. The Morgan fingerprint density at radius 1 is 1.14 bits per heavy atom. The molecule has 1 aliphatic rings. The normalized spacial score (nSPS) is 14.9. The van der Waals surface area contributed by atoms with Gasteiger partial charge in [0.05, 0.1) is 23.8 Å². The number of nitro groups is 1. The lowest BCUT2D eigenvalue weighted by atomic mass is 10.1. The number of nitro benzene ring substituents is 1. The van der Waals surface area contributed by atoms with Crippen LogP contribution in [0.25, 0.3) is 11.0 Å². The van der Waals surface area contributed by atoms with Gasteiger partial charge in [0.2, 0.25) is 5.52 Å². The number of anilines is 1. The molecule has 29 heavy (non-hydrogen) atoms. The van der Waals surface area contributed by atoms with Crippen molar-refractivity contribution in [1.29, 1.82) is 0 Å². The Hall–Kier alpha value is -3.11. The fourth-order valence-electron chi connectivity index (χ4n) is 3.45. The van der Waals surface area contributed by atoms with Crippen molar-refractivity contribution in [2.45, 2.75) is 6.54 Å². The first kappa shape index (κ1) is 19.2. The van der Waals surface area contributed by atoms with E-state index in [0.29, 0.717) is 31.0 Å². The average molecular weight is 401 g/mol. The zero-order valence-corrected chi connectivity index (χ0v) is 15.7. The molecule has 0 spiro atoms. The number of hydrogen-bond donors (Lipinski definition) is 0. The van der Waals surface area contributed by atoms with Crippen LogP contribution in [0.2, 0.25) is 0 Å². The van der Waals surface area contributed by atoms with E-state index >= 15 is 0 Å². The van der Waals surface area contributed by atoms with Crippen molar-refractivity contribution in [3.63, 3.8) is 0 Å². The number of ether oxygens (including phenoxy) is 1. The molecule has 1 aliphatic heterocycles. The van der Waals surface area contributed by atoms with Crippen LogP contribution in [0.1, 0.15) is 5.56 Å². The maximum Gasteiger partial charge on any atom is 0.300 e. The van der Waals surface area contributed by atoms with Crippen molar-refractivity contribution < 1.29 is 18.7 Å². The van der Waals surface area contributed by atoms with Gasteiger partial charge >= 0.3 is 5.69 Å². The minimum atomic E-state index is -0.523. The Morgan fingerprint density at radius 3 is 2.66 bits per heavy atom. The smallest absolute Gasteiger partial charge is 0.300 e. The van der Waals surface area contributed by atoms with E-state index in [4.69, 9.17) is 9.37 Å². The summed E-state index contributed by atoms with van der Waals surface area (Å²) in [6.07, 6.45) is 0. The van der Waals surface area contributed by atoms with Crippen LogP contribution in [0, 0.1) is 15.9 Å². The fourth-order valence-corrected chi connectivity index (χ4v) is 3.45. The van der Waals surface area contributed by atoms with E-state index in [1.54, 1.807) is 24.3 Å². The predicted octanol–water partition coefficient (Wildman–Crippen LogP) is 2.61. The summed E-state index contributed by atoms with van der Waals surface area (Å²) >= 11 is 0. The van der Waals surface area contributed by atoms with Gasteiger partial charge in [-0.15, -0.1) is 0 Å². The molecular formula is C19H20FN5O4. The molecule has 10 heteroatoms. The second kappa shape index (κ2) is 8.50. The highest BCUT2D eigenvalue weighted by Crippen LogP contribution is 2.32. The second-order valence-electron chi connectivity index (χ2n) is 6.79. The number of aromatic nitrogens is 2. The van der Waals surface area contributed by atoms with Gasteiger partial charge in [0.25, 0.3) is 0 Å². The summed E-state index contributed by atoms with van der Waals surface area (Å²) in [6, 6.07) is 9.55. The van der Waals surface area contributed by atoms with Gasteiger partial charge in [-0.2, -0.15) is 0 Å². The van der Waals surface area contributed by atoms with E-state index in [1.165, 1.54) is 12.1 Å². The third-order valence-corrected chi connectivity index (χ3v) is 5.02. The second-order valence-corrected chi connectivity index (χ2v) is 6.79. The molecule has 0 N–H and O–H groups in total. The van der Waals surface area contributed by atoms with Gasteiger partial charge in [-0.05, 0) is 22.4 Å². The van der Waals surface area contributed by atoms with Gasteiger partial charge in [-0.1, -0.05) is 18.2 Å². The van der Waals surface area contributed by atoms with Crippen molar-refractivity contribution in [3.05, 3.63) is 57.9 Å². The van der Waals surface area contributed by atoms with E-state index in [2.05, 4.69) is 15.2 Å². The van der Waals surface area contributed by atoms with Crippen LogP contribution < -0.4 is 4.90 Å². The number of morpholine rings is 1. The lowest BCUT2D eigenvalue weighted by Crippen LogP contribution is -2.41. The quantitative estimate of drug-likeness (QED) is 0.440. The molecule has 0 amide bonds. The molecular weight excluding hydrogens is 381 g/mol. The molecule has 9 nitrogen and oxygen atoms in total. The third-order valence-electron chi connectivity index (χ3n) is 5.02. The molecule has 1 saturated heterocycles. The number of benzene rings is 2. The van der Waals surface area contributed by atoms with Crippen LogP contribution in [0.5, 0.6) is 0 Å². The number of non-ortho nitro benzene ring substituents is 1. The highest BCUT2D eigenvalue weighted by Gasteiger charge is 2.23. The average Bonchev–Trinajstić information content (AvgIpc) is 3.22. The molecule has 0 saturated carbocycles. The lowest BCUT2D eigenvalue weighted by Gasteiger charge is -2.31. The molecule has 2 heterocycles. The number of fused-ring (bicyclic) bond motifs is 1. The van der Waals surface area contributed by atoms with Crippen molar-refractivity contribution in [1.82, 2.24) is 15.2 Å². The molecule has 4 rings (SSSR count). The summed E-state index contributed by atoms with van der Waals surface area (Å²) < 4.78 is 24.5. The van der Waals surface area contributed by atoms with Gasteiger partial charge < -0.3 is 9.64 Å². The standard InChI is InChI=1S/C19H20FN5O4/c20-15-4-2-1-3-14(15)13-24(8-7-23-9-11-28-12-10-23)16-5-6-17(25(26)27)19-18(16)21-29-22-19/h1-6H,7-13H2. The zero-order valence-electron chi connectivity index (χ0n) is 15.7. The van der Waals surface area contributed by atoms with E-state index < -0.39 is 4.92 Å². The number of nitrogens with zero attached hydrogens (tertiary/aromatic N) is 5. The maximum atomic E-state index is 14.3. The van der Waals surface area contributed by atoms with Gasteiger partial charge in [0.1, 0.15) is 5.82 Å². The Labute approximate surface area is 165 Å². The summed E-state index contributed by atoms with van der Waals surface area (Å²) in [6.45, 7) is 4.63. The SMILES string of the molecule is O=[N+]([O-])c1ccc(N(CCN2CCOCC2)Cc2ccccc2F)c2nonc12. The Morgan fingerprint density at radius 2 is 1.90 bits per heavy atom. The number of hydrogen-bond acceptors (Lipinski definition) is 8. The minimum Gasteiger partial charge on any atom is -0.379 e. The van der Waals surface area contributed by atoms with E-state index in [1.807, 2.05) is 4.90 Å². The van der Waals surface area contributed by atoms with Crippen molar-refractivity contribution in [3.8, 4) is 0 Å². The highest BCUT2D eigenvalue weighted by molar-refractivity contribution is 5.93. The van der Waals surface area contributed by atoms with E-state index in [0.717, 1.165) is 19.6 Å². The number of rotatable bonds is 7. The Balaban J connectivity index is 1.66. The molecule has 1 aromatic heterocycles. The first-order valence-electron chi connectivity index (χ1n) is 9.31. The summed E-state index contributed by atoms with van der Waals surface area (Å²) in [5.41, 5.74) is 1.33. The van der Waals surface area contributed by atoms with E-state index in [-0.39, 0.29) is 29.1 Å². The minimum absolute atomic E-state index is 0.0809. The highest BCUT2D eigenvalue weighted by atomic mass is 19.1. The molecule has 0 unspecified atom stereocenters. The van der Waals surface area contributed by atoms with Gasteiger partial charge in [0.15, 0.2) is 5.52 Å². The van der Waals surface area contributed by atoms with Crippen molar-refractivity contribution in [2.75, 3.05) is 44.3 Å². The van der Waals surface area contributed by atoms with Gasteiger partial charge in [0, 0.05) is 44.4 Å². The molecule has 0 aliphatic carbocycles. The van der Waals surface area contributed by atoms with Crippen molar-refractivity contribution in [2.24, 2.45) is 0 Å². The molecule has 152 valence electrons. The van der Waals surface area contributed by atoms with Crippen LogP contribution in [0.3, 0.4) is 0 Å². The van der Waals surface area contributed by atoms with Gasteiger partial charge in [-0.25, -0.2) is 9.02 Å². The molecule has 1 fully saturated rings. The van der Waals surface area contributed by atoms with Crippen molar-refractivity contribution >= 4 is 22.4 Å². The van der Waals surface area contributed by atoms with Gasteiger partial charge in [-0.3, -0.25) is 15.0 Å². The Kier molecular flexibility index (Phi) is 5.63. The largest absolute Gasteiger partial charge is 0.379 e. The lowest BCUT2D eigenvalue weighted by molar-refractivity contribution is -0.383. The predicted molar refractivity (Wildman–Crippen MR) is 103 cm³/mol. The monoisotopic (exact) mass is 401 g/mol. The molecule has 0 bridgehead atoms. The topological polar surface area (TPSA) is 97.8 Å². The van der Waals surface area contributed by atoms with Crippen LogP contribution in [0.15, 0.2) is 41.0 Å². The molecule has 3 aromatic rings. The van der Waals surface area contributed by atoms with Crippen LogP contribution in [-0.2, 0) is 11.3 Å². The first-order chi connectivity index (χ1) is 14.1. The maximum absolute atomic E-state index is 14.3. The zero-order chi connectivity index (χ0) is 20.2. The van der Waals surface area contributed by atoms with E-state index in [9.17, 15) is 14.5 Å². The Bertz CT molecular complexity index is 1010. The third kappa shape index (κ3) is 4.17. The van der Waals surface area contributed by atoms with Crippen LogP contribution in [-0.4, -0.2) is 59.5 Å². The molecule has 2 aromatic carbocycles. The van der Waals surface area contributed by atoms with Crippen LogP contribution >= 0.6 is 0 Å². The summed E-state index contributed by atoms with van der Waals surface area (Å²) in [4.78, 5) is 15.0. The first-order valence-corrected chi connectivity index (χ1v) is 9.31. The summed E-state index contributed by atoms with van der Waals surface area (Å²) in [5.74, 6) is -0.305. The summed E-state index contributed by atoms with van der Waals surface area (Å²) in [5, 5.41) is 18.9. The molecule has 0 atom stereocenters. The number of halogens is 1. The van der Waals surface area contributed by atoms with Crippen LogP contribution in [0.4, 0.5) is 15.8 Å². The molecule has 0 radical (unpaired) electrons.